The molecule has 1 aromatic heterocycles. The summed E-state index contributed by atoms with van der Waals surface area (Å²) in [4.78, 5) is 14.9. The van der Waals surface area contributed by atoms with Crippen molar-refractivity contribution < 1.29 is 18.9 Å². The topological polar surface area (TPSA) is 89.7 Å². The maximum atomic E-state index is 12.5. The lowest BCUT2D eigenvalue weighted by Crippen LogP contribution is -2.40. The van der Waals surface area contributed by atoms with Gasteiger partial charge in [-0.15, -0.1) is 0 Å². The van der Waals surface area contributed by atoms with Crippen LogP contribution in [0.15, 0.2) is 41.0 Å². The van der Waals surface area contributed by atoms with Gasteiger partial charge in [0, 0.05) is 25.2 Å². The van der Waals surface area contributed by atoms with Crippen LogP contribution in [0, 0.1) is 5.92 Å². The first-order valence-corrected chi connectivity index (χ1v) is 9.86. The molecule has 8 nitrogen and oxygen atoms in total. The summed E-state index contributed by atoms with van der Waals surface area (Å²) in [5, 5.41) is 10.8. The largest absolute Gasteiger partial charge is 0.454 e. The molecule has 1 fully saturated rings. The summed E-state index contributed by atoms with van der Waals surface area (Å²) in [6, 6.07) is 11.3. The van der Waals surface area contributed by atoms with E-state index < -0.39 is 0 Å². The Morgan fingerprint density at radius 2 is 2.00 bits per heavy atom. The molecule has 1 amide bonds. The van der Waals surface area contributed by atoms with Gasteiger partial charge in [0.05, 0.1) is 0 Å². The number of benzene rings is 2. The molecule has 2 aliphatic rings. The molecule has 29 heavy (non-hydrogen) atoms. The highest BCUT2D eigenvalue weighted by atomic mass is 16.7. The molecule has 0 aliphatic carbocycles. The lowest BCUT2D eigenvalue weighted by atomic mass is 9.97. The second kappa shape index (κ2) is 7.71. The lowest BCUT2D eigenvalue weighted by molar-refractivity contribution is 0.0930. The summed E-state index contributed by atoms with van der Waals surface area (Å²) in [5.74, 6) is 1.66. The summed E-state index contributed by atoms with van der Waals surface area (Å²) < 4.78 is 15.4. The van der Waals surface area contributed by atoms with Gasteiger partial charge in [-0.3, -0.25) is 9.69 Å². The number of nitrogens with zero attached hydrogens (tertiary/aromatic N) is 3. The van der Waals surface area contributed by atoms with E-state index in [1.165, 1.54) is 5.56 Å². The van der Waals surface area contributed by atoms with Crippen molar-refractivity contribution in [3.63, 3.8) is 0 Å². The Morgan fingerprint density at radius 3 is 2.97 bits per heavy atom. The third-order valence-corrected chi connectivity index (χ3v) is 5.51. The number of ether oxygens (including phenoxy) is 2. The number of carbonyl (C=O) groups excluding carboxylic acids is 1. The Morgan fingerprint density at radius 1 is 1.10 bits per heavy atom. The summed E-state index contributed by atoms with van der Waals surface area (Å²) >= 11 is 0. The van der Waals surface area contributed by atoms with Crippen LogP contribution in [0.3, 0.4) is 0 Å². The fourth-order valence-electron chi connectivity index (χ4n) is 4.02. The Kier molecular flexibility index (Phi) is 4.77. The first-order valence-electron chi connectivity index (χ1n) is 9.86. The maximum Gasteiger partial charge on any atom is 0.251 e. The number of hydrogen-bond donors (Lipinski definition) is 1. The first kappa shape index (κ1) is 17.9. The number of nitrogens with one attached hydrogen (secondary N) is 1. The monoisotopic (exact) mass is 394 g/mol. The van der Waals surface area contributed by atoms with Crippen molar-refractivity contribution in [3.8, 4) is 11.5 Å². The van der Waals surface area contributed by atoms with Gasteiger partial charge in [0.2, 0.25) is 6.79 Å². The molecule has 1 saturated heterocycles. The van der Waals surface area contributed by atoms with Gasteiger partial charge in [-0.05, 0) is 71.5 Å². The van der Waals surface area contributed by atoms with Gasteiger partial charge < -0.3 is 14.8 Å². The molecule has 0 bridgehead atoms. The van der Waals surface area contributed by atoms with Crippen LogP contribution in [-0.4, -0.2) is 47.5 Å². The van der Waals surface area contributed by atoms with Gasteiger partial charge in [-0.25, -0.2) is 4.63 Å². The lowest BCUT2D eigenvalue weighted by Gasteiger charge is -2.32. The average Bonchev–Trinajstić information content (AvgIpc) is 3.40. The third kappa shape index (κ3) is 3.88. The van der Waals surface area contributed by atoms with Crippen LogP contribution in [0.4, 0.5) is 0 Å². The number of hydrogen-bond acceptors (Lipinski definition) is 7. The summed E-state index contributed by atoms with van der Waals surface area (Å²) in [5.41, 5.74) is 3.35. The van der Waals surface area contributed by atoms with Gasteiger partial charge in [0.25, 0.3) is 5.91 Å². The van der Waals surface area contributed by atoms with Crippen molar-refractivity contribution in [2.75, 3.05) is 26.4 Å². The van der Waals surface area contributed by atoms with Gasteiger partial charge in [0.1, 0.15) is 11.0 Å². The molecule has 5 rings (SSSR count). The van der Waals surface area contributed by atoms with E-state index in [0.717, 1.165) is 43.5 Å². The van der Waals surface area contributed by atoms with Gasteiger partial charge >= 0.3 is 0 Å². The highest BCUT2D eigenvalue weighted by Gasteiger charge is 2.22. The molecule has 3 heterocycles. The molecular formula is C21H22N4O4. The van der Waals surface area contributed by atoms with E-state index in [2.05, 4.69) is 26.6 Å². The molecule has 150 valence electrons. The van der Waals surface area contributed by atoms with Gasteiger partial charge in [-0.2, -0.15) is 0 Å². The molecule has 1 N–H and O–H groups in total. The number of carbonyl (C=O) groups is 1. The van der Waals surface area contributed by atoms with Gasteiger partial charge in [-0.1, -0.05) is 6.07 Å². The molecule has 3 aromatic rings. The molecule has 8 heteroatoms. The second-order valence-electron chi connectivity index (χ2n) is 7.61. The van der Waals surface area contributed by atoms with Crippen molar-refractivity contribution in [1.82, 2.24) is 20.5 Å². The zero-order valence-corrected chi connectivity index (χ0v) is 16.0. The van der Waals surface area contributed by atoms with E-state index in [4.69, 9.17) is 14.1 Å². The van der Waals surface area contributed by atoms with Crippen molar-refractivity contribution in [3.05, 3.63) is 47.5 Å². The fourth-order valence-corrected chi connectivity index (χ4v) is 4.02. The molecule has 2 aliphatic heterocycles. The van der Waals surface area contributed by atoms with Crippen LogP contribution in [-0.2, 0) is 6.54 Å². The molecular weight excluding hydrogens is 372 g/mol. The predicted octanol–water partition coefficient (Wildman–Crippen LogP) is 2.59. The zero-order valence-electron chi connectivity index (χ0n) is 16.0. The smallest absolute Gasteiger partial charge is 0.251 e. The Hall–Kier alpha value is -3.13. The van der Waals surface area contributed by atoms with E-state index in [-0.39, 0.29) is 12.7 Å². The minimum atomic E-state index is -0.0793. The predicted molar refractivity (Wildman–Crippen MR) is 105 cm³/mol. The number of aromatic nitrogens is 2. The second-order valence-corrected chi connectivity index (χ2v) is 7.61. The average molecular weight is 394 g/mol. The van der Waals surface area contributed by atoms with E-state index in [9.17, 15) is 4.79 Å². The SMILES string of the molecule is O=C(NCC1CCCN(Cc2ccc3nonc3c2)C1)c1ccc2c(c1)OCO2. The maximum absolute atomic E-state index is 12.5. The van der Waals surface area contributed by atoms with Crippen LogP contribution in [0.2, 0.25) is 0 Å². The number of amides is 1. The van der Waals surface area contributed by atoms with Crippen molar-refractivity contribution >= 4 is 16.9 Å². The number of piperidine rings is 1. The van der Waals surface area contributed by atoms with Crippen molar-refractivity contribution in [1.29, 1.82) is 0 Å². The summed E-state index contributed by atoms with van der Waals surface area (Å²) in [6.45, 7) is 3.74. The zero-order chi connectivity index (χ0) is 19.6. The molecule has 2 aromatic carbocycles. The van der Waals surface area contributed by atoms with E-state index in [0.29, 0.717) is 29.5 Å². The normalized spacial score (nSPS) is 18.8. The van der Waals surface area contributed by atoms with Crippen LogP contribution in [0.1, 0.15) is 28.8 Å². The van der Waals surface area contributed by atoms with Gasteiger partial charge in [0.15, 0.2) is 11.5 Å². The standard InChI is InChI=1S/C21H22N4O4/c26-21(16-4-6-19-20(9-16)28-13-27-19)22-10-15-2-1-7-25(12-15)11-14-3-5-17-18(8-14)24-29-23-17/h3-6,8-9,15H,1-2,7,10-13H2,(H,22,26). The van der Waals surface area contributed by atoms with Crippen LogP contribution >= 0.6 is 0 Å². The molecule has 0 radical (unpaired) electrons. The number of fused-ring (bicyclic) bond motifs is 2. The minimum absolute atomic E-state index is 0.0793. The quantitative estimate of drug-likeness (QED) is 0.711. The number of rotatable bonds is 5. The van der Waals surface area contributed by atoms with E-state index in [1.54, 1.807) is 18.2 Å². The van der Waals surface area contributed by atoms with Crippen LogP contribution in [0.5, 0.6) is 11.5 Å². The van der Waals surface area contributed by atoms with Crippen LogP contribution in [0.25, 0.3) is 11.0 Å². The Labute approximate surface area is 167 Å². The Balaban J connectivity index is 1.16. The first-order chi connectivity index (χ1) is 14.2. The van der Waals surface area contributed by atoms with Crippen molar-refractivity contribution in [2.24, 2.45) is 5.92 Å². The summed E-state index contributed by atoms with van der Waals surface area (Å²) in [6.07, 6.45) is 2.24. The van der Waals surface area contributed by atoms with Crippen molar-refractivity contribution in [2.45, 2.75) is 19.4 Å². The molecule has 1 atom stereocenters. The highest BCUT2D eigenvalue weighted by molar-refractivity contribution is 5.94. The van der Waals surface area contributed by atoms with E-state index in [1.807, 2.05) is 12.1 Å². The minimum Gasteiger partial charge on any atom is -0.454 e. The summed E-state index contributed by atoms with van der Waals surface area (Å²) in [7, 11) is 0. The number of likely N-dealkylation sites (tertiary alicyclic amines) is 1. The van der Waals surface area contributed by atoms with Crippen LogP contribution < -0.4 is 14.8 Å². The molecule has 1 unspecified atom stereocenters. The molecule has 0 spiro atoms. The van der Waals surface area contributed by atoms with E-state index >= 15 is 0 Å². The third-order valence-electron chi connectivity index (χ3n) is 5.51. The highest BCUT2D eigenvalue weighted by Crippen LogP contribution is 2.32. The molecule has 0 saturated carbocycles. The fraction of sp³-hybridized carbons (Fsp3) is 0.381. The Bertz CT molecular complexity index is 1030.